The molecule has 1 aliphatic heterocycles. The number of benzene rings is 3. The molecule has 3 aromatic rings. The number of hydrogen-bond donors (Lipinski definition) is 1. The second kappa shape index (κ2) is 10.1. The number of amidine groups is 1. The Hall–Kier alpha value is -1.92. The molecule has 3 aromatic carbocycles. The minimum Gasteiger partial charge on any atom is -0.487 e. The molecular formula is C23H15FI2N2O2S. The molecule has 0 aromatic heterocycles. The van der Waals surface area contributed by atoms with Crippen LogP contribution in [0.25, 0.3) is 6.08 Å². The van der Waals surface area contributed by atoms with Gasteiger partial charge in [-0.25, -0.2) is 9.38 Å². The monoisotopic (exact) mass is 656 g/mol. The quantitative estimate of drug-likeness (QED) is 0.252. The fourth-order valence-electron chi connectivity index (χ4n) is 2.82. The van der Waals surface area contributed by atoms with Crippen LogP contribution in [0.15, 0.2) is 76.6 Å². The topological polar surface area (TPSA) is 50.7 Å². The number of amides is 1. The molecule has 0 bridgehead atoms. The highest BCUT2D eigenvalue weighted by Gasteiger charge is 2.24. The predicted octanol–water partition coefficient (Wildman–Crippen LogP) is 6.51. The molecule has 0 aliphatic carbocycles. The summed E-state index contributed by atoms with van der Waals surface area (Å²) in [6, 6.07) is 19.9. The van der Waals surface area contributed by atoms with E-state index in [1.54, 1.807) is 18.2 Å². The van der Waals surface area contributed by atoms with E-state index in [1.807, 2.05) is 48.5 Å². The van der Waals surface area contributed by atoms with Crippen LogP contribution < -0.4 is 10.1 Å². The highest BCUT2D eigenvalue weighted by molar-refractivity contribution is 14.1. The lowest BCUT2D eigenvalue weighted by molar-refractivity contribution is -0.115. The molecule has 1 aliphatic rings. The van der Waals surface area contributed by atoms with E-state index in [1.165, 1.54) is 17.8 Å². The fraction of sp³-hybridized carbons (Fsp3) is 0.0435. The third kappa shape index (κ3) is 5.66. The van der Waals surface area contributed by atoms with Gasteiger partial charge in [0.15, 0.2) is 5.17 Å². The largest absolute Gasteiger partial charge is 0.487 e. The van der Waals surface area contributed by atoms with Crippen LogP contribution in [0.5, 0.6) is 5.75 Å². The van der Waals surface area contributed by atoms with Gasteiger partial charge in [0.2, 0.25) is 0 Å². The van der Waals surface area contributed by atoms with Crippen molar-refractivity contribution in [2.24, 2.45) is 4.99 Å². The zero-order valence-electron chi connectivity index (χ0n) is 15.9. The summed E-state index contributed by atoms with van der Waals surface area (Å²) >= 11 is 5.69. The van der Waals surface area contributed by atoms with Crippen molar-refractivity contribution in [3.8, 4) is 5.75 Å². The molecule has 8 heteroatoms. The third-order valence-corrected chi connectivity index (χ3v) is 6.80. The smallest absolute Gasteiger partial charge is 0.264 e. The van der Waals surface area contributed by atoms with Crippen molar-refractivity contribution in [1.29, 1.82) is 0 Å². The van der Waals surface area contributed by atoms with Crippen LogP contribution in [0, 0.1) is 13.0 Å². The van der Waals surface area contributed by atoms with Crippen molar-refractivity contribution in [3.05, 3.63) is 95.7 Å². The van der Waals surface area contributed by atoms with Gasteiger partial charge < -0.3 is 10.1 Å². The lowest BCUT2D eigenvalue weighted by Crippen LogP contribution is -2.19. The van der Waals surface area contributed by atoms with Crippen LogP contribution in [0.4, 0.5) is 10.1 Å². The Kier molecular flexibility index (Phi) is 7.28. The van der Waals surface area contributed by atoms with Crippen LogP contribution >= 0.6 is 56.9 Å². The minimum atomic E-state index is -0.286. The van der Waals surface area contributed by atoms with Gasteiger partial charge in [-0.15, -0.1) is 0 Å². The Bertz CT molecular complexity index is 1180. The van der Waals surface area contributed by atoms with Gasteiger partial charge in [0.25, 0.3) is 5.91 Å². The maximum Gasteiger partial charge on any atom is 0.264 e. The molecule has 156 valence electrons. The molecule has 4 nitrogen and oxygen atoms in total. The van der Waals surface area contributed by atoms with Crippen LogP contribution in [0.3, 0.4) is 0 Å². The maximum atomic E-state index is 13.8. The number of para-hydroxylation sites is 1. The van der Waals surface area contributed by atoms with Crippen LogP contribution in [-0.2, 0) is 11.4 Å². The maximum absolute atomic E-state index is 13.8. The third-order valence-electron chi connectivity index (χ3n) is 4.29. The average Bonchev–Trinajstić information content (AvgIpc) is 3.08. The number of nitrogens with zero attached hydrogens (tertiary/aromatic N) is 1. The van der Waals surface area contributed by atoms with Gasteiger partial charge in [0.05, 0.1) is 17.7 Å². The number of aliphatic imine (C=N–C) groups is 1. The van der Waals surface area contributed by atoms with Crippen molar-refractivity contribution >= 4 is 79.8 Å². The summed E-state index contributed by atoms with van der Waals surface area (Å²) in [5.41, 5.74) is 2.17. The molecule has 1 N–H and O–H groups in total. The van der Waals surface area contributed by atoms with Crippen molar-refractivity contribution in [2.45, 2.75) is 6.61 Å². The lowest BCUT2D eigenvalue weighted by Gasteiger charge is -2.12. The predicted molar refractivity (Wildman–Crippen MR) is 140 cm³/mol. The zero-order valence-corrected chi connectivity index (χ0v) is 21.1. The molecule has 0 atom stereocenters. The molecule has 0 radical (unpaired) electrons. The van der Waals surface area contributed by atoms with Gasteiger partial charge in [0.1, 0.15) is 18.2 Å². The summed E-state index contributed by atoms with van der Waals surface area (Å²) in [5, 5.41) is 3.35. The summed E-state index contributed by atoms with van der Waals surface area (Å²) in [6.07, 6.45) is 1.83. The number of nitrogens with one attached hydrogen (secondary N) is 1. The normalized spacial score (nSPS) is 16.0. The SMILES string of the molecule is O=C1NC(=Nc2ccccc2)S/C1=C/c1cc(I)c(OCc2ccccc2F)c(I)c1. The van der Waals surface area contributed by atoms with E-state index in [4.69, 9.17) is 4.74 Å². The number of ether oxygens (including phenoxy) is 1. The van der Waals surface area contributed by atoms with Gasteiger partial charge in [-0.3, -0.25) is 4.79 Å². The van der Waals surface area contributed by atoms with Gasteiger partial charge in [0, 0.05) is 5.56 Å². The summed E-state index contributed by atoms with van der Waals surface area (Å²) in [6.45, 7) is 0.149. The van der Waals surface area contributed by atoms with E-state index < -0.39 is 0 Å². The first-order valence-corrected chi connectivity index (χ1v) is 12.2. The Labute approximate surface area is 210 Å². The second-order valence-corrected chi connectivity index (χ2v) is 9.87. The van der Waals surface area contributed by atoms with E-state index in [0.717, 1.165) is 18.4 Å². The van der Waals surface area contributed by atoms with Gasteiger partial charge in [-0.2, -0.15) is 0 Å². The Balaban J connectivity index is 1.51. The van der Waals surface area contributed by atoms with E-state index in [-0.39, 0.29) is 18.3 Å². The summed E-state index contributed by atoms with van der Waals surface area (Å²) in [4.78, 5) is 17.4. The molecule has 31 heavy (non-hydrogen) atoms. The van der Waals surface area contributed by atoms with Crippen LogP contribution in [-0.4, -0.2) is 11.1 Å². The molecule has 1 fully saturated rings. The Morgan fingerprint density at radius 3 is 2.42 bits per heavy atom. The van der Waals surface area contributed by atoms with Crippen LogP contribution in [0.1, 0.15) is 11.1 Å². The van der Waals surface area contributed by atoms with E-state index in [0.29, 0.717) is 21.4 Å². The highest BCUT2D eigenvalue weighted by atomic mass is 127. The van der Waals surface area contributed by atoms with Gasteiger partial charge in [-0.05, 0) is 98.9 Å². The van der Waals surface area contributed by atoms with Crippen molar-refractivity contribution in [2.75, 3.05) is 0 Å². The summed E-state index contributed by atoms with van der Waals surface area (Å²) in [5.74, 6) is 0.233. The van der Waals surface area contributed by atoms with Crippen LogP contribution in [0.2, 0.25) is 0 Å². The number of halogens is 3. The molecule has 1 saturated heterocycles. The Morgan fingerprint density at radius 2 is 1.71 bits per heavy atom. The molecule has 0 unspecified atom stereocenters. The number of carbonyl (C=O) groups excluding carboxylic acids is 1. The molecular weight excluding hydrogens is 641 g/mol. The number of carbonyl (C=O) groups is 1. The Morgan fingerprint density at radius 1 is 1.03 bits per heavy atom. The average molecular weight is 656 g/mol. The molecule has 0 saturated carbocycles. The molecule has 1 amide bonds. The van der Waals surface area contributed by atoms with Crippen molar-refractivity contribution in [3.63, 3.8) is 0 Å². The highest BCUT2D eigenvalue weighted by Crippen LogP contribution is 2.33. The molecule has 4 rings (SSSR count). The van der Waals surface area contributed by atoms with E-state index in [9.17, 15) is 9.18 Å². The number of thioether (sulfide) groups is 1. The summed E-state index contributed by atoms with van der Waals surface area (Å²) < 4.78 is 21.5. The first kappa shape index (κ1) is 22.3. The summed E-state index contributed by atoms with van der Waals surface area (Å²) in [7, 11) is 0. The first-order chi connectivity index (χ1) is 15.0. The zero-order chi connectivity index (χ0) is 21.8. The number of rotatable bonds is 5. The van der Waals surface area contributed by atoms with Crippen molar-refractivity contribution in [1.82, 2.24) is 5.32 Å². The van der Waals surface area contributed by atoms with E-state index in [2.05, 4.69) is 55.5 Å². The second-order valence-electron chi connectivity index (χ2n) is 6.51. The van der Waals surface area contributed by atoms with Gasteiger partial charge >= 0.3 is 0 Å². The van der Waals surface area contributed by atoms with Gasteiger partial charge in [-0.1, -0.05) is 36.4 Å². The molecule has 1 heterocycles. The number of hydrogen-bond acceptors (Lipinski definition) is 4. The molecule has 0 spiro atoms. The fourth-order valence-corrected chi connectivity index (χ4v) is 5.79. The van der Waals surface area contributed by atoms with Crippen molar-refractivity contribution < 1.29 is 13.9 Å². The lowest BCUT2D eigenvalue weighted by atomic mass is 10.2. The van der Waals surface area contributed by atoms with E-state index >= 15 is 0 Å². The standard InChI is InChI=1S/C23H15FI2N2O2S/c24-17-9-5-4-6-15(17)13-30-21-18(25)10-14(11-19(21)26)12-20-22(29)28-23(31-20)27-16-7-2-1-3-8-16/h1-12H,13H2,(H,27,28,29)/b20-12+. The minimum absolute atomic E-state index is 0.149. The first-order valence-electron chi connectivity index (χ1n) is 9.19.